The van der Waals surface area contributed by atoms with Crippen LogP contribution >= 0.6 is 0 Å². The van der Waals surface area contributed by atoms with Gasteiger partial charge in [-0.1, -0.05) is 66.7 Å². The van der Waals surface area contributed by atoms with E-state index in [1.54, 1.807) is 0 Å². The van der Waals surface area contributed by atoms with Crippen LogP contribution in [0.15, 0.2) is 72.8 Å². The first-order chi connectivity index (χ1) is 13.2. The van der Waals surface area contributed by atoms with Gasteiger partial charge in [0.15, 0.2) is 0 Å². The van der Waals surface area contributed by atoms with Gasteiger partial charge in [-0.3, -0.25) is 4.79 Å². The zero-order valence-corrected chi connectivity index (χ0v) is 15.2. The molecule has 1 unspecified atom stereocenters. The number of carbonyl (C=O) groups excluding carboxylic acids is 1. The molecule has 1 aliphatic heterocycles. The van der Waals surface area contributed by atoms with E-state index in [0.29, 0.717) is 13.0 Å². The zero-order valence-electron chi connectivity index (χ0n) is 15.2. The van der Waals surface area contributed by atoms with Crippen molar-refractivity contribution in [2.45, 2.75) is 31.1 Å². The van der Waals surface area contributed by atoms with Gasteiger partial charge in [-0.05, 0) is 40.8 Å². The van der Waals surface area contributed by atoms with Crippen LogP contribution in [0.2, 0.25) is 0 Å². The van der Waals surface area contributed by atoms with E-state index in [4.69, 9.17) is 10.5 Å². The van der Waals surface area contributed by atoms with E-state index in [1.807, 2.05) is 42.5 Å². The van der Waals surface area contributed by atoms with Crippen molar-refractivity contribution in [2.75, 3.05) is 6.54 Å². The molecule has 1 amide bonds. The standard InChI is InChI=1S/C23H24N2O2/c24-15-20-12-13-21(27-20)23(26)25-22(17-7-2-1-3-8-17)19-11-10-16-6-4-5-9-18(16)14-19/h1-11,14,20-22H,12-13,15,24H2,(H,25,26)/t20-,21+,22?/m1/s1. The fourth-order valence-corrected chi connectivity index (χ4v) is 3.70. The van der Waals surface area contributed by atoms with Gasteiger partial charge in [0.1, 0.15) is 6.10 Å². The predicted octanol–water partition coefficient (Wildman–Crippen LogP) is 3.55. The smallest absolute Gasteiger partial charge is 0.249 e. The molecule has 0 bridgehead atoms. The van der Waals surface area contributed by atoms with E-state index in [2.05, 4.69) is 35.6 Å². The number of hydrogen-bond acceptors (Lipinski definition) is 3. The fourth-order valence-electron chi connectivity index (χ4n) is 3.70. The Balaban J connectivity index is 1.64. The van der Waals surface area contributed by atoms with E-state index in [9.17, 15) is 4.79 Å². The van der Waals surface area contributed by atoms with Gasteiger partial charge in [-0.2, -0.15) is 0 Å². The average molecular weight is 360 g/mol. The number of rotatable bonds is 5. The number of benzene rings is 3. The van der Waals surface area contributed by atoms with Crippen molar-refractivity contribution in [1.29, 1.82) is 0 Å². The van der Waals surface area contributed by atoms with Gasteiger partial charge in [0.05, 0.1) is 12.1 Å². The third kappa shape index (κ3) is 3.87. The zero-order chi connectivity index (χ0) is 18.6. The summed E-state index contributed by atoms with van der Waals surface area (Å²) in [5.74, 6) is -0.0760. The summed E-state index contributed by atoms with van der Waals surface area (Å²) >= 11 is 0. The van der Waals surface area contributed by atoms with Crippen molar-refractivity contribution in [3.05, 3.63) is 83.9 Å². The predicted molar refractivity (Wildman–Crippen MR) is 107 cm³/mol. The van der Waals surface area contributed by atoms with Gasteiger partial charge in [0.2, 0.25) is 5.91 Å². The van der Waals surface area contributed by atoms with E-state index in [1.165, 1.54) is 5.39 Å². The molecule has 3 aromatic carbocycles. The van der Waals surface area contributed by atoms with Crippen LogP contribution in [0.4, 0.5) is 0 Å². The van der Waals surface area contributed by atoms with Gasteiger partial charge in [-0.15, -0.1) is 0 Å². The third-order valence-corrected chi connectivity index (χ3v) is 5.19. The lowest BCUT2D eigenvalue weighted by Gasteiger charge is -2.22. The summed E-state index contributed by atoms with van der Waals surface area (Å²) in [7, 11) is 0. The largest absolute Gasteiger partial charge is 0.364 e. The van der Waals surface area contributed by atoms with Gasteiger partial charge in [0.25, 0.3) is 0 Å². The highest BCUT2D eigenvalue weighted by atomic mass is 16.5. The maximum absolute atomic E-state index is 12.9. The Labute approximate surface area is 159 Å². The van der Waals surface area contributed by atoms with Gasteiger partial charge < -0.3 is 15.8 Å². The summed E-state index contributed by atoms with van der Waals surface area (Å²) in [5, 5.41) is 5.54. The quantitative estimate of drug-likeness (QED) is 0.731. The number of nitrogens with one attached hydrogen (secondary N) is 1. The van der Waals surface area contributed by atoms with Crippen LogP contribution in [0.5, 0.6) is 0 Å². The van der Waals surface area contributed by atoms with Crippen LogP contribution in [0.25, 0.3) is 10.8 Å². The molecule has 1 saturated heterocycles. The number of hydrogen-bond donors (Lipinski definition) is 2. The Kier molecular flexibility index (Phi) is 5.19. The summed E-state index contributed by atoms with van der Waals surface area (Å²) in [4.78, 5) is 12.9. The monoisotopic (exact) mass is 360 g/mol. The molecule has 138 valence electrons. The maximum Gasteiger partial charge on any atom is 0.249 e. The molecule has 0 radical (unpaired) electrons. The lowest BCUT2D eigenvalue weighted by molar-refractivity contribution is -0.132. The lowest BCUT2D eigenvalue weighted by Crippen LogP contribution is -2.38. The molecule has 27 heavy (non-hydrogen) atoms. The van der Waals surface area contributed by atoms with Crippen LogP contribution in [0.3, 0.4) is 0 Å². The minimum absolute atomic E-state index is 0.0170. The second-order valence-electron chi connectivity index (χ2n) is 7.02. The first-order valence-corrected chi connectivity index (χ1v) is 9.44. The van der Waals surface area contributed by atoms with E-state index < -0.39 is 6.10 Å². The van der Waals surface area contributed by atoms with Crippen molar-refractivity contribution in [3.63, 3.8) is 0 Å². The highest BCUT2D eigenvalue weighted by Crippen LogP contribution is 2.27. The van der Waals surface area contributed by atoms with Crippen molar-refractivity contribution in [1.82, 2.24) is 5.32 Å². The number of ether oxygens (including phenoxy) is 1. The first-order valence-electron chi connectivity index (χ1n) is 9.44. The van der Waals surface area contributed by atoms with Crippen LogP contribution in [-0.4, -0.2) is 24.7 Å². The second-order valence-corrected chi connectivity index (χ2v) is 7.02. The normalized spacial score (nSPS) is 20.5. The third-order valence-electron chi connectivity index (χ3n) is 5.19. The topological polar surface area (TPSA) is 64.4 Å². The maximum atomic E-state index is 12.9. The Morgan fingerprint density at radius 3 is 2.44 bits per heavy atom. The molecule has 0 aliphatic carbocycles. The van der Waals surface area contributed by atoms with Crippen LogP contribution in [0, 0.1) is 0 Å². The molecule has 4 nitrogen and oxygen atoms in total. The van der Waals surface area contributed by atoms with Crippen molar-refractivity contribution in [2.24, 2.45) is 5.73 Å². The molecule has 1 heterocycles. The fraction of sp³-hybridized carbons (Fsp3) is 0.261. The molecule has 1 aliphatic rings. The van der Waals surface area contributed by atoms with Crippen molar-refractivity contribution < 1.29 is 9.53 Å². The molecular weight excluding hydrogens is 336 g/mol. The molecule has 3 atom stereocenters. The molecule has 1 fully saturated rings. The molecular formula is C23H24N2O2. The Bertz CT molecular complexity index is 926. The number of amides is 1. The summed E-state index contributed by atoms with van der Waals surface area (Å²) in [5.41, 5.74) is 7.78. The molecule has 3 aromatic rings. The number of carbonyl (C=O) groups is 1. The minimum Gasteiger partial charge on any atom is -0.364 e. The Morgan fingerprint density at radius 1 is 0.963 bits per heavy atom. The van der Waals surface area contributed by atoms with Crippen LogP contribution in [0.1, 0.15) is 30.0 Å². The van der Waals surface area contributed by atoms with Gasteiger partial charge in [-0.25, -0.2) is 0 Å². The van der Waals surface area contributed by atoms with Crippen molar-refractivity contribution >= 4 is 16.7 Å². The van der Waals surface area contributed by atoms with Gasteiger partial charge >= 0.3 is 0 Å². The number of fused-ring (bicyclic) bond motifs is 1. The SMILES string of the molecule is NC[C@H]1CC[C@@H](C(=O)NC(c2ccccc2)c2ccc3ccccc3c2)O1. The Morgan fingerprint density at radius 2 is 1.70 bits per heavy atom. The number of nitrogens with two attached hydrogens (primary N) is 1. The average Bonchev–Trinajstić information content (AvgIpc) is 3.22. The highest BCUT2D eigenvalue weighted by Gasteiger charge is 2.31. The molecule has 4 rings (SSSR count). The molecule has 4 heteroatoms. The summed E-state index contributed by atoms with van der Waals surface area (Å²) < 4.78 is 5.78. The molecule has 0 saturated carbocycles. The van der Waals surface area contributed by atoms with E-state index in [0.717, 1.165) is 22.9 Å². The highest BCUT2D eigenvalue weighted by molar-refractivity contribution is 5.84. The Hall–Kier alpha value is -2.69. The minimum atomic E-state index is -0.426. The van der Waals surface area contributed by atoms with Crippen LogP contribution in [-0.2, 0) is 9.53 Å². The summed E-state index contributed by atoms with van der Waals surface area (Å²) in [6.45, 7) is 0.455. The first kappa shape index (κ1) is 17.7. The molecule has 3 N–H and O–H groups in total. The molecule has 0 aromatic heterocycles. The molecule has 0 spiro atoms. The summed E-state index contributed by atoms with van der Waals surface area (Å²) in [6.07, 6.45) is 1.11. The van der Waals surface area contributed by atoms with E-state index >= 15 is 0 Å². The van der Waals surface area contributed by atoms with Gasteiger partial charge in [0, 0.05) is 6.54 Å². The van der Waals surface area contributed by atoms with E-state index in [-0.39, 0.29) is 18.1 Å². The van der Waals surface area contributed by atoms with Crippen LogP contribution < -0.4 is 11.1 Å². The second kappa shape index (κ2) is 7.91. The van der Waals surface area contributed by atoms with Crippen molar-refractivity contribution in [3.8, 4) is 0 Å². The lowest BCUT2D eigenvalue weighted by atomic mass is 9.96. The summed E-state index contributed by atoms with van der Waals surface area (Å²) in [6, 6.07) is 24.4.